The third-order valence-corrected chi connectivity index (χ3v) is 13.2. The van der Waals surface area contributed by atoms with Crippen molar-refractivity contribution in [1.29, 1.82) is 0 Å². The first-order valence-corrected chi connectivity index (χ1v) is 23.5. The van der Waals surface area contributed by atoms with Crippen LogP contribution in [0.25, 0.3) is 61.6 Å². The number of phenolic OH excluding ortho intramolecular Hbond substituents is 1. The number of para-hydroxylation sites is 1. The zero-order valence-electron chi connectivity index (χ0n) is 48.5. The fraction of sp³-hybridized carbons (Fsp3) is 0.333. The molecular formula is C63H69N3O. The summed E-state index contributed by atoms with van der Waals surface area (Å²) >= 11 is 0. The Morgan fingerprint density at radius 2 is 1.27 bits per heavy atom. The Morgan fingerprint density at radius 3 is 1.90 bits per heavy atom. The van der Waals surface area contributed by atoms with Crippen molar-refractivity contribution in [2.24, 2.45) is 0 Å². The first kappa shape index (κ1) is 37.8. The standard InChI is InChI=1S/C63H69N3O/c1-38(2)49-21-17-22-50(39(3)4)58(49)41-27-28-64-54(35-41)46-31-45(32-48(33-46)62(8,9)10)51-23-18-24-55-59(51)65-60(52-26-25-47(37-57(52)67)61(5,6)7)66(55)56-36-44-30-42(40-19-15-14-16-20-40)29-43(44)34-53(56)63(11,12)13/h14-28,31-39,42,67H,29-30H2,1-13H3/i29D2,30D2,38D,39D,42D. The molecule has 1 atom stereocenters. The molecule has 6 aromatic carbocycles. The van der Waals surface area contributed by atoms with E-state index in [9.17, 15) is 12.0 Å². The molecule has 2 heterocycles. The van der Waals surface area contributed by atoms with Crippen molar-refractivity contribution in [3.8, 4) is 56.3 Å². The van der Waals surface area contributed by atoms with Crippen molar-refractivity contribution in [3.05, 3.63) is 178 Å². The largest absolute Gasteiger partial charge is 0.507 e. The molecule has 1 aliphatic rings. The van der Waals surface area contributed by atoms with Gasteiger partial charge in [0.25, 0.3) is 0 Å². The fourth-order valence-electron chi connectivity index (χ4n) is 9.38. The summed E-state index contributed by atoms with van der Waals surface area (Å²) in [5, 5.41) is 12.1. The molecule has 2 aromatic heterocycles. The lowest BCUT2D eigenvalue weighted by molar-refractivity contribution is 0.472. The summed E-state index contributed by atoms with van der Waals surface area (Å²) in [6.07, 6.45) is -3.10. The number of pyridine rings is 1. The molecule has 1 N–H and O–H groups in total. The Kier molecular flexibility index (Phi) is 9.65. The third kappa shape index (κ3) is 8.77. The first-order valence-electron chi connectivity index (χ1n) is 27.0. The Labute approximate surface area is 410 Å². The second-order valence-corrected chi connectivity index (χ2v) is 21.8. The molecule has 1 aliphatic carbocycles. The second kappa shape index (κ2) is 17.1. The van der Waals surface area contributed by atoms with Crippen molar-refractivity contribution in [1.82, 2.24) is 14.5 Å². The van der Waals surface area contributed by atoms with Gasteiger partial charge in [-0.1, -0.05) is 169 Å². The number of fused-ring (bicyclic) bond motifs is 2. The number of benzene rings is 6. The topological polar surface area (TPSA) is 50.9 Å². The van der Waals surface area contributed by atoms with E-state index in [-0.39, 0.29) is 33.3 Å². The molecular weight excluding hydrogens is 815 g/mol. The maximum Gasteiger partial charge on any atom is 0.149 e. The van der Waals surface area contributed by atoms with Crippen LogP contribution in [-0.4, -0.2) is 19.6 Å². The van der Waals surface area contributed by atoms with E-state index < -0.39 is 35.8 Å². The Hall–Kier alpha value is -6.26. The number of nitrogens with zero attached hydrogens (tertiary/aromatic N) is 3. The lowest BCUT2D eigenvalue weighted by atomic mass is 9.83. The normalized spacial score (nSPS) is 18.9. The van der Waals surface area contributed by atoms with Crippen LogP contribution in [0.15, 0.2) is 134 Å². The van der Waals surface area contributed by atoms with Gasteiger partial charge in [0, 0.05) is 26.9 Å². The van der Waals surface area contributed by atoms with E-state index in [1.807, 2.05) is 108 Å². The van der Waals surface area contributed by atoms with Gasteiger partial charge in [0.1, 0.15) is 11.6 Å². The van der Waals surface area contributed by atoms with Crippen LogP contribution in [0.5, 0.6) is 5.75 Å². The van der Waals surface area contributed by atoms with Crippen LogP contribution in [0.3, 0.4) is 0 Å². The molecule has 342 valence electrons. The van der Waals surface area contributed by atoms with Crippen LogP contribution >= 0.6 is 0 Å². The average molecular weight is 891 g/mol. The van der Waals surface area contributed by atoms with Crippen molar-refractivity contribution in [2.75, 3.05) is 0 Å². The zero-order chi connectivity index (χ0) is 54.1. The summed E-state index contributed by atoms with van der Waals surface area (Å²) in [5.41, 5.74) is 11.1. The molecule has 0 saturated carbocycles. The highest BCUT2D eigenvalue weighted by Crippen LogP contribution is 2.46. The van der Waals surface area contributed by atoms with Crippen molar-refractivity contribution >= 4 is 11.0 Å². The van der Waals surface area contributed by atoms with Crippen LogP contribution in [0.4, 0.5) is 0 Å². The summed E-state index contributed by atoms with van der Waals surface area (Å²) < 4.78 is 68.9. The number of phenols is 1. The smallest absolute Gasteiger partial charge is 0.149 e. The summed E-state index contributed by atoms with van der Waals surface area (Å²) in [4.78, 5) is 10.5. The van der Waals surface area contributed by atoms with Crippen LogP contribution in [0.1, 0.15) is 162 Å². The number of hydrogen-bond acceptors (Lipinski definition) is 3. The Balaban J connectivity index is 1.33. The molecule has 4 nitrogen and oxygen atoms in total. The number of hydrogen-bond donors (Lipinski definition) is 1. The molecule has 0 bridgehead atoms. The number of aromatic nitrogens is 3. The van der Waals surface area contributed by atoms with Gasteiger partial charge in [0.2, 0.25) is 0 Å². The summed E-state index contributed by atoms with van der Waals surface area (Å²) in [6.45, 7) is 26.5. The van der Waals surface area contributed by atoms with E-state index in [0.717, 1.165) is 61.3 Å². The van der Waals surface area contributed by atoms with E-state index in [2.05, 4.69) is 65.8 Å². The maximum atomic E-state index is 12.1. The van der Waals surface area contributed by atoms with Gasteiger partial charge in [0.05, 0.1) is 28.0 Å². The van der Waals surface area contributed by atoms with E-state index in [0.29, 0.717) is 28.1 Å². The molecule has 0 spiro atoms. The third-order valence-electron chi connectivity index (χ3n) is 13.2. The highest BCUT2D eigenvalue weighted by atomic mass is 16.3. The molecule has 0 amide bonds. The minimum atomic E-state index is -2.48. The monoisotopic (exact) mass is 891 g/mol. The quantitative estimate of drug-likeness (QED) is 0.165. The van der Waals surface area contributed by atoms with E-state index in [4.69, 9.17) is 12.7 Å². The van der Waals surface area contributed by atoms with E-state index in [1.165, 1.54) is 0 Å². The van der Waals surface area contributed by atoms with Crippen LogP contribution in [0, 0.1) is 0 Å². The van der Waals surface area contributed by atoms with Crippen LogP contribution in [0.2, 0.25) is 0 Å². The van der Waals surface area contributed by atoms with Gasteiger partial charge < -0.3 is 5.11 Å². The average Bonchev–Trinajstić information content (AvgIpc) is 3.75. The first-order chi connectivity index (χ1) is 34.2. The zero-order valence-corrected chi connectivity index (χ0v) is 41.5. The van der Waals surface area contributed by atoms with Gasteiger partial charge in [-0.3, -0.25) is 9.55 Å². The fourth-order valence-corrected chi connectivity index (χ4v) is 9.38. The molecule has 1 unspecified atom stereocenters. The van der Waals surface area contributed by atoms with Crippen LogP contribution in [-0.2, 0) is 29.0 Å². The molecule has 0 saturated heterocycles. The highest BCUT2D eigenvalue weighted by Gasteiger charge is 2.31. The molecule has 67 heavy (non-hydrogen) atoms. The second-order valence-electron chi connectivity index (χ2n) is 21.8. The number of imidazole rings is 1. The minimum Gasteiger partial charge on any atom is -0.507 e. The summed E-state index contributed by atoms with van der Waals surface area (Å²) in [7, 11) is 0. The van der Waals surface area contributed by atoms with Crippen molar-refractivity contribution in [2.45, 2.75) is 137 Å². The van der Waals surface area contributed by atoms with Gasteiger partial charge in [-0.05, 0) is 156 Å². The van der Waals surface area contributed by atoms with Gasteiger partial charge >= 0.3 is 0 Å². The van der Waals surface area contributed by atoms with E-state index >= 15 is 0 Å². The molecule has 0 radical (unpaired) electrons. The Morgan fingerprint density at radius 1 is 0.627 bits per heavy atom. The van der Waals surface area contributed by atoms with Crippen molar-refractivity contribution < 1.29 is 14.7 Å². The van der Waals surface area contributed by atoms with Gasteiger partial charge in [-0.15, -0.1) is 0 Å². The predicted octanol–water partition coefficient (Wildman–Crippen LogP) is 16.8. The maximum absolute atomic E-state index is 12.1. The molecule has 9 rings (SSSR count). The van der Waals surface area contributed by atoms with Crippen LogP contribution < -0.4 is 0 Å². The summed E-state index contributed by atoms with van der Waals surface area (Å²) in [6, 6.07) is 40.1. The van der Waals surface area contributed by atoms with Gasteiger partial charge in [-0.25, -0.2) is 4.98 Å². The van der Waals surface area contributed by atoms with Gasteiger partial charge in [0.15, 0.2) is 0 Å². The molecule has 4 heteroatoms. The molecule has 8 aromatic rings. The SMILES string of the molecule is [2H]C(C)(C)c1cccc(C([2H])(C)C)c1-c1ccnc(-c2cc(-c3cccc4c3nc(-c3ccc(C(C)(C)C)cc3O)n4-c3cc4c(cc3C(C)(C)C)C([2H])([2H])C([2H])(c3ccccc3)C4([2H])[2H])cc(C(C)(C)C)c2)c1. The lowest BCUT2D eigenvalue weighted by Gasteiger charge is -2.26. The highest BCUT2D eigenvalue weighted by molar-refractivity contribution is 5.97. The predicted molar refractivity (Wildman–Crippen MR) is 283 cm³/mol. The van der Waals surface area contributed by atoms with Crippen molar-refractivity contribution in [3.63, 3.8) is 0 Å². The van der Waals surface area contributed by atoms with Gasteiger partial charge in [-0.2, -0.15) is 0 Å². The lowest BCUT2D eigenvalue weighted by Crippen LogP contribution is -2.17. The van der Waals surface area contributed by atoms with E-state index in [1.54, 1.807) is 54.7 Å². The molecule has 0 aliphatic heterocycles. The number of rotatable bonds is 8. The summed E-state index contributed by atoms with van der Waals surface area (Å²) in [5.74, 6) is -3.74. The molecule has 0 fully saturated rings. The number of aromatic hydroxyl groups is 1. The minimum absolute atomic E-state index is 0.0326. The Bertz CT molecular complexity index is 3470.